The third-order valence-electron chi connectivity index (χ3n) is 15.0. The summed E-state index contributed by atoms with van der Waals surface area (Å²) in [5.74, 6) is -5.03. The van der Waals surface area contributed by atoms with Crippen molar-refractivity contribution in [2.45, 2.75) is 70.3 Å². The second-order valence-corrected chi connectivity index (χ2v) is 22.2. The fourth-order valence-corrected chi connectivity index (χ4v) is 12.2. The van der Waals surface area contributed by atoms with E-state index >= 15 is 8.78 Å². The molecular formula is C56H60F3N10O9S2-. The number of likely N-dealkylation sites (tertiary alicyclic amines) is 1. The third kappa shape index (κ3) is 11.9. The maximum atomic E-state index is 16.1. The van der Waals surface area contributed by atoms with Crippen LogP contribution in [-0.4, -0.2) is 155 Å². The number of anilines is 2. The van der Waals surface area contributed by atoms with Crippen LogP contribution in [-0.2, 0) is 20.9 Å². The van der Waals surface area contributed by atoms with Gasteiger partial charge in [0.2, 0.25) is 17.6 Å². The number of aromatic amines is 1. The number of β-amino-alcohol motifs (C(OH)–C–C–N with tert-alkyl or cyclic N) is 1. The van der Waals surface area contributed by atoms with Gasteiger partial charge in [0.25, 0.3) is 5.88 Å². The van der Waals surface area contributed by atoms with Crippen LogP contribution in [0.2, 0.25) is 0 Å². The lowest BCUT2D eigenvalue weighted by atomic mass is 9.91. The second kappa shape index (κ2) is 24.3. The van der Waals surface area contributed by atoms with Crippen LogP contribution in [0, 0.1) is 24.5 Å². The van der Waals surface area contributed by atoms with Crippen LogP contribution in [0.25, 0.3) is 32.6 Å². The molecule has 3 fully saturated rings. The minimum atomic E-state index is -3.09. The summed E-state index contributed by atoms with van der Waals surface area (Å²) in [6.45, 7) is 9.20. The number of ketones is 1. The zero-order valence-electron chi connectivity index (χ0n) is 44.1. The number of benzene rings is 3. The number of nitrogens with one attached hydrogen (secondary N) is 2. The van der Waals surface area contributed by atoms with Gasteiger partial charge in [-0.15, -0.1) is 11.3 Å². The number of aryl methyl sites for hydroxylation is 1. The van der Waals surface area contributed by atoms with Crippen molar-refractivity contribution in [1.82, 2.24) is 40.2 Å². The lowest BCUT2D eigenvalue weighted by Crippen LogP contribution is -2.49. The maximum absolute atomic E-state index is 16.1. The predicted octanol–water partition coefficient (Wildman–Crippen LogP) is 6.86. The molecule has 4 aromatic heterocycles. The molecule has 3 aromatic carbocycles. The zero-order chi connectivity index (χ0) is 56.4. The third-order valence-corrected chi connectivity index (χ3v) is 16.7. The van der Waals surface area contributed by atoms with Crippen LogP contribution < -0.4 is 19.4 Å². The van der Waals surface area contributed by atoms with Crippen molar-refractivity contribution in [2.24, 2.45) is 5.92 Å². The number of fused-ring (bicyclic) bond motifs is 1. The Morgan fingerprint density at radius 1 is 0.988 bits per heavy atom. The molecule has 7 aromatic rings. The highest BCUT2D eigenvalue weighted by molar-refractivity contribution is 7.80. The number of aromatic nitrogens is 4. The Balaban J connectivity index is 0.702. The number of ether oxygens (including phenoxy) is 1. The number of H-pyrrole nitrogens is 1. The number of halogens is 3. The first kappa shape index (κ1) is 56.2. The van der Waals surface area contributed by atoms with Gasteiger partial charge >= 0.3 is 0 Å². The summed E-state index contributed by atoms with van der Waals surface area (Å²) >= 11 is -1.56. The number of rotatable bonds is 20. The quantitative estimate of drug-likeness (QED) is 0.0347. The van der Waals surface area contributed by atoms with Gasteiger partial charge < -0.3 is 44.1 Å². The summed E-state index contributed by atoms with van der Waals surface area (Å²) < 4.78 is 82.0. The topological polar surface area (TPSA) is 237 Å². The predicted molar refractivity (Wildman–Crippen MR) is 293 cm³/mol. The Hall–Kier alpha value is -7.06. The summed E-state index contributed by atoms with van der Waals surface area (Å²) in [5.41, 5.74) is 5.47. The van der Waals surface area contributed by atoms with Crippen molar-refractivity contribution in [1.29, 1.82) is 0 Å². The molecule has 24 heteroatoms. The number of alkyl halides is 1. The highest BCUT2D eigenvalue weighted by Crippen LogP contribution is 2.36. The van der Waals surface area contributed by atoms with E-state index in [2.05, 4.69) is 35.2 Å². The van der Waals surface area contributed by atoms with E-state index < -0.39 is 76.1 Å². The summed E-state index contributed by atoms with van der Waals surface area (Å²) in [4.78, 5) is 60.6. The van der Waals surface area contributed by atoms with Crippen LogP contribution in [0.1, 0.15) is 78.0 Å². The highest BCUT2D eigenvalue weighted by atomic mass is 32.2. The Labute approximate surface area is 465 Å². The van der Waals surface area contributed by atoms with E-state index in [1.807, 2.05) is 69.3 Å². The van der Waals surface area contributed by atoms with Gasteiger partial charge in [0.15, 0.2) is 11.6 Å². The number of thiazole rings is 1. The molecular weight excluding hydrogens is 1080 g/mol. The molecule has 0 bridgehead atoms. The molecule has 3 aliphatic rings. The molecule has 0 saturated carbocycles. The molecule has 6 atom stereocenters. The lowest BCUT2D eigenvalue weighted by molar-refractivity contribution is -0.141. The van der Waals surface area contributed by atoms with E-state index in [0.29, 0.717) is 39.6 Å². The molecule has 4 N–H and O–H groups in total. The van der Waals surface area contributed by atoms with Crippen LogP contribution in [0.3, 0.4) is 0 Å². The van der Waals surface area contributed by atoms with Crippen molar-refractivity contribution in [3.63, 3.8) is 0 Å². The molecule has 422 valence electrons. The number of amides is 2. The van der Waals surface area contributed by atoms with Gasteiger partial charge in [-0.1, -0.05) is 50.2 Å². The molecule has 0 aliphatic carbocycles. The first-order valence-electron chi connectivity index (χ1n) is 26.4. The molecule has 0 radical (unpaired) electrons. The van der Waals surface area contributed by atoms with Gasteiger partial charge in [-0.25, -0.2) is 32.6 Å². The summed E-state index contributed by atoms with van der Waals surface area (Å²) in [6, 6.07) is 18.7. The average Bonchev–Trinajstić information content (AvgIpc) is 4.49. The number of aliphatic hydroxyl groups excluding tert-OH is 2. The number of carbonyl (C=O) groups is 3. The van der Waals surface area contributed by atoms with Crippen molar-refractivity contribution >= 4 is 62.6 Å². The van der Waals surface area contributed by atoms with Gasteiger partial charge in [-0.05, 0) is 77.9 Å². The zero-order valence-corrected chi connectivity index (χ0v) is 45.7. The van der Waals surface area contributed by atoms with Gasteiger partial charge in [0.1, 0.15) is 35.3 Å². The largest absolute Gasteiger partial charge is 0.754 e. The van der Waals surface area contributed by atoms with Crippen LogP contribution >= 0.6 is 11.3 Å². The fraction of sp³-hybridized carbons (Fsp3) is 0.393. The molecule has 3 aliphatic heterocycles. The minimum Gasteiger partial charge on any atom is -0.754 e. The number of hydrogen-bond acceptors (Lipinski definition) is 16. The number of carbonyl (C=O) groups excluding carboxylic acids is 3. The number of hydrogen-bond donors (Lipinski definition) is 4. The standard InChI is InChI=1S/C56H61F3N10O9S2/c1-32(2)49(56(74)68-29-40(71)24-46(68)55(73)63-44(30-70)35-5-7-36(8-6-35)53-33(3)62-31-79-53)47-25-48(64-78-47)77-22-4-16-65-18-20-66(21-19-65)39-11-9-34(10-12-39)37-23-41-42(27-61-54(41)60-26-37)52(72)50-43(58)13-14-45(51(50)59)69(80(75)76)67-17-15-38(57)28-67/h5-14,23,25-27,31-32,38,40,44,46,49,70-71H,4,15-22,24,28-30H2,1-3H3,(H,60,61)(H,63,73)(H,75,76)/p-1/t38-,40-,44+,46+,49+/m1/s1. The Kier molecular flexibility index (Phi) is 17.1. The lowest BCUT2D eigenvalue weighted by Gasteiger charge is -2.36. The monoisotopic (exact) mass is 1140 g/mol. The molecule has 0 spiro atoms. The Morgan fingerprint density at radius 2 is 1.74 bits per heavy atom. The van der Waals surface area contributed by atoms with Crippen LogP contribution in [0.4, 0.5) is 24.5 Å². The van der Waals surface area contributed by atoms with Gasteiger partial charge in [0.05, 0.1) is 64.8 Å². The summed E-state index contributed by atoms with van der Waals surface area (Å²) in [7, 11) is 0. The number of aliphatic hydroxyl groups is 2. The van der Waals surface area contributed by atoms with Crippen LogP contribution in [0.5, 0.6) is 5.88 Å². The Morgan fingerprint density at radius 3 is 2.41 bits per heavy atom. The fourth-order valence-electron chi connectivity index (χ4n) is 10.8. The Bertz CT molecular complexity index is 3370. The van der Waals surface area contributed by atoms with Crippen molar-refractivity contribution < 1.29 is 55.8 Å². The highest BCUT2D eigenvalue weighted by Gasteiger charge is 2.44. The smallest absolute Gasteiger partial charge is 0.254 e. The first-order valence-corrected chi connectivity index (χ1v) is 28.3. The average molecular weight is 1140 g/mol. The normalized spacial score (nSPS) is 19.2. The molecule has 19 nitrogen and oxygen atoms in total. The second-order valence-electron chi connectivity index (χ2n) is 20.6. The molecule has 10 rings (SSSR count). The van der Waals surface area contributed by atoms with Gasteiger partial charge in [0, 0.05) is 92.9 Å². The molecule has 3 saturated heterocycles. The molecule has 80 heavy (non-hydrogen) atoms. The van der Waals surface area contributed by atoms with E-state index in [1.165, 1.54) is 22.4 Å². The van der Waals surface area contributed by atoms with E-state index in [-0.39, 0.29) is 68.1 Å². The van der Waals surface area contributed by atoms with E-state index in [4.69, 9.17) is 9.26 Å². The minimum absolute atomic E-state index is 0.0189. The number of pyridine rings is 1. The van der Waals surface area contributed by atoms with Crippen LogP contribution in [0.15, 0.2) is 95.2 Å². The van der Waals surface area contributed by atoms with Crippen molar-refractivity contribution in [2.75, 3.05) is 74.9 Å². The van der Waals surface area contributed by atoms with E-state index in [0.717, 1.165) is 77.3 Å². The SMILES string of the molecule is Cc1ncsc1-c1ccc([C@H](CO)NC(=O)[C@@H]2C[C@@H](O)CN2C(=O)[C@H](c2cc(OCCCN3CCN(c4ccc(-c5cnc6[nH]cc(C(=O)c7c(F)ccc(N(N8CC[C@@H](F)C8)S(=O)[O-])c7F)c6c5)cc4)CC3)no2)C(C)C)cc1. The van der Waals surface area contributed by atoms with E-state index in [1.54, 1.807) is 23.8 Å². The molecule has 7 heterocycles. The van der Waals surface area contributed by atoms with E-state index in [9.17, 15) is 37.7 Å². The molecule has 1 unspecified atom stereocenters. The number of hydrazine groups is 1. The molecule has 2 amide bonds. The van der Waals surface area contributed by atoms with Crippen molar-refractivity contribution in [3.05, 3.63) is 130 Å². The van der Waals surface area contributed by atoms with Crippen molar-refractivity contribution in [3.8, 4) is 27.4 Å². The summed E-state index contributed by atoms with van der Waals surface area (Å²) in [6.07, 6.45) is 1.44. The number of piperazine rings is 1. The van der Waals surface area contributed by atoms with Gasteiger partial charge in [-0.2, -0.15) is 0 Å². The van der Waals surface area contributed by atoms with Gasteiger partial charge in [-0.3, -0.25) is 23.5 Å². The first-order chi connectivity index (χ1) is 38.6. The maximum Gasteiger partial charge on any atom is 0.254 e. The summed E-state index contributed by atoms with van der Waals surface area (Å²) in [5, 5.41) is 29.4. The number of nitrogens with zero attached hydrogens (tertiary/aromatic N) is 8.